The Balaban J connectivity index is 1.77. The number of nitrogens with zero attached hydrogens (tertiary/aromatic N) is 2. The van der Waals surface area contributed by atoms with Crippen LogP contribution in [0, 0.1) is 0 Å². The fourth-order valence-electron chi connectivity index (χ4n) is 2.95. The van der Waals surface area contributed by atoms with Crippen molar-refractivity contribution in [2.45, 2.75) is 26.2 Å². The quantitative estimate of drug-likeness (QED) is 0.927. The van der Waals surface area contributed by atoms with Crippen molar-refractivity contribution in [3.05, 3.63) is 47.9 Å². The second kappa shape index (κ2) is 6.92. The monoisotopic (exact) mass is 341 g/mol. The largest absolute Gasteiger partial charge is 0.455 e. The van der Waals surface area contributed by atoms with Crippen molar-refractivity contribution in [2.24, 2.45) is 0 Å². The van der Waals surface area contributed by atoms with Crippen molar-refractivity contribution < 1.29 is 9.21 Å². The Kier molecular flexibility index (Phi) is 4.86. The van der Waals surface area contributed by atoms with E-state index in [9.17, 15) is 4.79 Å². The molecule has 0 unspecified atom stereocenters. The Bertz CT molecular complexity index is 737. The smallest absolute Gasteiger partial charge is 0.291 e. The minimum atomic E-state index is -0.211. The van der Waals surface area contributed by atoms with Crippen LogP contribution >= 0.6 is 0 Å². The lowest BCUT2D eigenvalue weighted by molar-refractivity contribution is 0.0993. The summed E-state index contributed by atoms with van der Waals surface area (Å²) >= 11 is 0. The van der Waals surface area contributed by atoms with Crippen LogP contribution in [0.25, 0.3) is 0 Å². The number of hydrogen-bond donors (Lipinski definition) is 1. The Labute approximate surface area is 149 Å². The first-order valence-corrected chi connectivity index (χ1v) is 8.79. The normalized spacial score (nSPS) is 16.1. The maximum absolute atomic E-state index is 12.6. The zero-order valence-electron chi connectivity index (χ0n) is 15.5. The van der Waals surface area contributed by atoms with Crippen LogP contribution in [0.15, 0.2) is 40.8 Å². The minimum Gasteiger partial charge on any atom is -0.455 e. The van der Waals surface area contributed by atoms with Gasteiger partial charge in [0.15, 0.2) is 5.76 Å². The van der Waals surface area contributed by atoms with Crippen molar-refractivity contribution in [1.29, 1.82) is 0 Å². The molecule has 5 nitrogen and oxygen atoms in total. The highest BCUT2D eigenvalue weighted by molar-refractivity contribution is 6.04. The second-order valence-electron chi connectivity index (χ2n) is 7.68. The summed E-state index contributed by atoms with van der Waals surface area (Å²) < 4.78 is 5.75. The predicted octanol–water partition coefficient (Wildman–Crippen LogP) is 3.58. The van der Waals surface area contributed by atoms with E-state index < -0.39 is 0 Å². The fraction of sp³-hybridized carbons (Fsp3) is 0.450. The summed E-state index contributed by atoms with van der Waals surface area (Å²) in [6.07, 6.45) is 0. The zero-order valence-corrected chi connectivity index (χ0v) is 15.5. The van der Waals surface area contributed by atoms with Crippen LogP contribution in [-0.2, 0) is 5.41 Å². The summed E-state index contributed by atoms with van der Waals surface area (Å²) in [6, 6.07) is 11.6. The molecule has 5 heteroatoms. The molecule has 1 saturated heterocycles. The number of piperazine rings is 1. The first-order chi connectivity index (χ1) is 11.8. The molecule has 1 aliphatic heterocycles. The van der Waals surface area contributed by atoms with Crippen molar-refractivity contribution in [3.8, 4) is 0 Å². The lowest BCUT2D eigenvalue weighted by atomic mass is 9.94. The number of amides is 1. The number of furan rings is 1. The Hall–Kier alpha value is -2.27. The Morgan fingerprint density at radius 3 is 2.36 bits per heavy atom. The van der Waals surface area contributed by atoms with Gasteiger partial charge in [0.1, 0.15) is 5.76 Å². The number of likely N-dealkylation sites (N-methyl/N-ethyl adjacent to an activating group) is 1. The van der Waals surface area contributed by atoms with Crippen molar-refractivity contribution in [3.63, 3.8) is 0 Å². The van der Waals surface area contributed by atoms with Gasteiger partial charge in [-0.25, -0.2) is 0 Å². The Morgan fingerprint density at radius 2 is 1.72 bits per heavy atom. The minimum absolute atomic E-state index is 0.115. The SMILES string of the molecule is CN1CCN(c2ccccc2NC(=O)c2ccc(C(C)(C)C)o2)CC1. The van der Waals surface area contributed by atoms with E-state index in [1.165, 1.54) is 0 Å². The summed E-state index contributed by atoms with van der Waals surface area (Å²) in [6.45, 7) is 10.2. The highest BCUT2D eigenvalue weighted by Gasteiger charge is 2.22. The summed E-state index contributed by atoms with van der Waals surface area (Å²) in [5.74, 6) is 0.945. The number of anilines is 2. The van der Waals surface area contributed by atoms with Crippen LogP contribution in [0.5, 0.6) is 0 Å². The third-order valence-electron chi connectivity index (χ3n) is 4.57. The molecule has 1 fully saturated rings. The van der Waals surface area contributed by atoms with Crippen LogP contribution < -0.4 is 10.2 Å². The predicted molar refractivity (Wildman–Crippen MR) is 102 cm³/mol. The van der Waals surface area contributed by atoms with Gasteiger partial charge < -0.3 is 19.5 Å². The number of nitrogens with one attached hydrogen (secondary N) is 1. The summed E-state index contributed by atoms with van der Waals surface area (Å²) in [5.41, 5.74) is 1.77. The molecule has 1 aromatic heterocycles. The molecule has 0 spiro atoms. The van der Waals surface area contributed by atoms with Crippen LogP contribution in [-0.4, -0.2) is 44.0 Å². The number of carbonyl (C=O) groups is 1. The molecule has 1 aromatic carbocycles. The average Bonchev–Trinajstić information content (AvgIpc) is 3.07. The number of hydrogen-bond acceptors (Lipinski definition) is 4. The molecule has 0 aliphatic carbocycles. The van der Waals surface area contributed by atoms with E-state index in [0.29, 0.717) is 5.76 Å². The molecule has 25 heavy (non-hydrogen) atoms. The van der Waals surface area contributed by atoms with E-state index >= 15 is 0 Å². The average molecular weight is 341 g/mol. The van der Waals surface area contributed by atoms with E-state index in [1.807, 2.05) is 24.3 Å². The van der Waals surface area contributed by atoms with Gasteiger partial charge in [-0.05, 0) is 31.3 Å². The highest BCUT2D eigenvalue weighted by atomic mass is 16.4. The molecular formula is C20H27N3O2. The molecule has 2 aromatic rings. The van der Waals surface area contributed by atoms with Gasteiger partial charge in [0.2, 0.25) is 0 Å². The summed E-state index contributed by atoms with van der Waals surface area (Å²) in [7, 11) is 2.13. The number of carbonyl (C=O) groups excluding carboxylic acids is 1. The van der Waals surface area contributed by atoms with E-state index in [-0.39, 0.29) is 11.3 Å². The molecule has 0 saturated carbocycles. The van der Waals surface area contributed by atoms with E-state index in [0.717, 1.165) is 43.3 Å². The molecule has 2 heterocycles. The zero-order chi connectivity index (χ0) is 18.0. The maximum Gasteiger partial charge on any atom is 0.291 e. The molecule has 1 N–H and O–H groups in total. The van der Waals surface area contributed by atoms with Gasteiger partial charge in [-0.1, -0.05) is 32.9 Å². The van der Waals surface area contributed by atoms with Gasteiger partial charge in [0.25, 0.3) is 5.91 Å². The molecule has 1 amide bonds. The summed E-state index contributed by atoms with van der Waals surface area (Å²) in [5, 5.41) is 3.01. The van der Waals surface area contributed by atoms with Crippen LogP contribution in [0.3, 0.4) is 0 Å². The molecular weight excluding hydrogens is 314 g/mol. The third-order valence-corrected chi connectivity index (χ3v) is 4.57. The van der Waals surface area contributed by atoms with Gasteiger partial charge in [-0.3, -0.25) is 4.79 Å². The summed E-state index contributed by atoms with van der Waals surface area (Å²) in [4.78, 5) is 17.2. The molecule has 1 aliphatic rings. The van der Waals surface area contributed by atoms with Gasteiger partial charge in [0.05, 0.1) is 11.4 Å². The first kappa shape index (κ1) is 17.5. The third kappa shape index (κ3) is 4.04. The second-order valence-corrected chi connectivity index (χ2v) is 7.68. The molecule has 0 radical (unpaired) electrons. The lowest BCUT2D eigenvalue weighted by Crippen LogP contribution is -2.44. The topological polar surface area (TPSA) is 48.7 Å². The van der Waals surface area contributed by atoms with Crippen molar-refractivity contribution in [2.75, 3.05) is 43.4 Å². The number of rotatable bonds is 3. The lowest BCUT2D eigenvalue weighted by Gasteiger charge is -2.35. The van der Waals surface area contributed by atoms with Gasteiger partial charge in [-0.15, -0.1) is 0 Å². The van der Waals surface area contributed by atoms with E-state index in [1.54, 1.807) is 6.07 Å². The van der Waals surface area contributed by atoms with Gasteiger partial charge in [-0.2, -0.15) is 0 Å². The maximum atomic E-state index is 12.6. The van der Waals surface area contributed by atoms with E-state index in [2.05, 4.69) is 49.0 Å². The molecule has 0 atom stereocenters. The van der Waals surface area contributed by atoms with Gasteiger partial charge >= 0.3 is 0 Å². The first-order valence-electron chi connectivity index (χ1n) is 8.79. The van der Waals surface area contributed by atoms with E-state index in [4.69, 9.17) is 4.42 Å². The van der Waals surface area contributed by atoms with Crippen molar-refractivity contribution in [1.82, 2.24) is 4.90 Å². The Morgan fingerprint density at radius 1 is 1.04 bits per heavy atom. The standard InChI is InChI=1S/C20H27N3O2/c1-20(2,3)18-10-9-17(25-18)19(24)21-15-7-5-6-8-16(15)23-13-11-22(4)12-14-23/h5-10H,11-14H2,1-4H3,(H,21,24). The van der Waals surface area contributed by atoms with Crippen LogP contribution in [0.2, 0.25) is 0 Å². The molecule has 3 rings (SSSR count). The fourth-order valence-corrected chi connectivity index (χ4v) is 2.95. The molecule has 134 valence electrons. The number of para-hydroxylation sites is 2. The van der Waals surface area contributed by atoms with Crippen LogP contribution in [0.4, 0.5) is 11.4 Å². The van der Waals surface area contributed by atoms with Crippen molar-refractivity contribution >= 4 is 17.3 Å². The van der Waals surface area contributed by atoms with Gasteiger partial charge in [0, 0.05) is 31.6 Å². The highest BCUT2D eigenvalue weighted by Crippen LogP contribution is 2.28. The molecule has 0 bridgehead atoms. The number of benzene rings is 1. The van der Waals surface area contributed by atoms with Crippen LogP contribution in [0.1, 0.15) is 37.1 Å².